The monoisotopic (exact) mass is 350 g/mol. The van der Waals surface area contributed by atoms with Crippen molar-refractivity contribution in [3.05, 3.63) is 66.4 Å². The number of nitrogens with zero attached hydrogens (tertiary/aromatic N) is 2. The SMILES string of the molecule is CCNC(=NCc1ccc(O)cc1)NCCCn1ccc2ccccc21. The highest BCUT2D eigenvalue weighted by Crippen LogP contribution is 2.15. The second-order valence-corrected chi connectivity index (χ2v) is 6.21. The number of aliphatic imine (C=N–C) groups is 1. The first kappa shape index (κ1) is 17.9. The molecule has 0 fully saturated rings. The van der Waals surface area contributed by atoms with Gasteiger partial charge < -0.3 is 20.3 Å². The molecule has 3 rings (SSSR count). The maximum absolute atomic E-state index is 9.34. The maximum atomic E-state index is 9.34. The van der Waals surface area contributed by atoms with Crippen LogP contribution in [0.4, 0.5) is 0 Å². The molecular formula is C21H26N4O. The lowest BCUT2D eigenvalue weighted by Crippen LogP contribution is -2.38. The number of para-hydroxylation sites is 1. The van der Waals surface area contributed by atoms with Crippen molar-refractivity contribution in [3.63, 3.8) is 0 Å². The van der Waals surface area contributed by atoms with Gasteiger partial charge in [-0.3, -0.25) is 0 Å². The van der Waals surface area contributed by atoms with Crippen molar-refractivity contribution in [1.82, 2.24) is 15.2 Å². The molecule has 1 aromatic heterocycles. The number of phenols is 1. The molecule has 26 heavy (non-hydrogen) atoms. The molecule has 5 nitrogen and oxygen atoms in total. The fourth-order valence-electron chi connectivity index (χ4n) is 2.91. The number of benzene rings is 2. The number of fused-ring (bicyclic) bond motifs is 1. The molecule has 3 N–H and O–H groups in total. The summed E-state index contributed by atoms with van der Waals surface area (Å²) in [6.07, 6.45) is 3.16. The van der Waals surface area contributed by atoms with Crippen molar-refractivity contribution in [2.75, 3.05) is 13.1 Å². The van der Waals surface area contributed by atoms with Crippen molar-refractivity contribution in [1.29, 1.82) is 0 Å². The minimum absolute atomic E-state index is 0.278. The fraction of sp³-hybridized carbons (Fsp3) is 0.286. The van der Waals surface area contributed by atoms with Gasteiger partial charge in [-0.15, -0.1) is 0 Å². The van der Waals surface area contributed by atoms with Crippen LogP contribution >= 0.6 is 0 Å². The molecule has 0 aliphatic rings. The fourth-order valence-corrected chi connectivity index (χ4v) is 2.91. The van der Waals surface area contributed by atoms with Gasteiger partial charge >= 0.3 is 0 Å². The Kier molecular flexibility index (Phi) is 6.14. The van der Waals surface area contributed by atoms with E-state index in [0.717, 1.165) is 37.6 Å². The molecular weight excluding hydrogens is 324 g/mol. The van der Waals surface area contributed by atoms with Gasteiger partial charge in [0.2, 0.25) is 0 Å². The van der Waals surface area contributed by atoms with Gasteiger partial charge in [-0.2, -0.15) is 0 Å². The lowest BCUT2D eigenvalue weighted by molar-refractivity contribution is 0.475. The summed E-state index contributed by atoms with van der Waals surface area (Å²) in [5, 5.41) is 17.3. The van der Waals surface area contributed by atoms with Crippen LogP contribution < -0.4 is 10.6 Å². The van der Waals surface area contributed by atoms with Crippen molar-refractivity contribution in [3.8, 4) is 5.75 Å². The van der Waals surface area contributed by atoms with Crippen LogP contribution in [0.3, 0.4) is 0 Å². The van der Waals surface area contributed by atoms with E-state index in [0.29, 0.717) is 6.54 Å². The number of aromatic nitrogens is 1. The molecule has 0 aliphatic heterocycles. The first-order valence-corrected chi connectivity index (χ1v) is 9.10. The highest BCUT2D eigenvalue weighted by atomic mass is 16.3. The normalized spacial score (nSPS) is 11.7. The molecule has 0 amide bonds. The third kappa shape index (κ3) is 4.79. The summed E-state index contributed by atoms with van der Waals surface area (Å²) in [6.45, 7) is 5.29. The van der Waals surface area contributed by atoms with E-state index in [1.54, 1.807) is 12.1 Å². The third-order valence-electron chi connectivity index (χ3n) is 4.25. The van der Waals surface area contributed by atoms with Crippen molar-refractivity contribution < 1.29 is 5.11 Å². The number of hydrogen-bond acceptors (Lipinski definition) is 2. The van der Waals surface area contributed by atoms with Crippen LogP contribution in [0.2, 0.25) is 0 Å². The molecule has 0 bridgehead atoms. The molecule has 0 unspecified atom stereocenters. The van der Waals surface area contributed by atoms with Crippen LogP contribution in [0.5, 0.6) is 5.75 Å². The van der Waals surface area contributed by atoms with Gasteiger partial charge in [0.25, 0.3) is 0 Å². The zero-order valence-electron chi connectivity index (χ0n) is 15.2. The minimum Gasteiger partial charge on any atom is -0.508 e. The molecule has 1 heterocycles. The number of nitrogens with one attached hydrogen (secondary N) is 2. The van der Waals surface area contributed by atoms with E-state index in [2.05, 4.69) is 63.6 Å². The minimum atomic E-state index is 0.278. The standard InChI is InChI=1S/C21H26N4O/c1-2-22-21(24-16-17-8-10-19(26)11-9-17)23-13-5-14-25-15-12-18-6-3-4-7-20(18)25/h3-4,6-12,15,26H,2,5,13-14,16H2,1H3,(H2,22,23,24). The van der Waals surface area contributed by atoms with Gasteiger partial charge in [0.05, 0.1) is 6.54 Å². The first-order chi connectivity index (χ1) is 12.8. The molecule has 0 radical (unpaired) electrons. The molecule has 2 aromatic carbocycles. The molecule has 0 aliphatic carbocycles. The predicted molar refractivity (Wildman–Crippen MR) is 107 cm³/mol. The summed E-state index contributed by atoms with van der Waals surface area (Å²) in [4.78, 5) is 4.60. The summed E-state index contributed by atoms with van der Waals surface area (Å²) < 4.78 is 2.29. The molecule has 0 atom stereocenters. The topological polar surface area (TPSA) is 61.6 Å². The van der Waals surface area contributed by atoms with Crippen LogP contribution in [0.1, 0.15) is 18.9 Å². The van der Waals surface area contributed by atoms with Crippen LogP contribution in [-0.4, -0.2) is 28.7 Å². The molecule has 3 aromatic rings. The number of rotatable bonds is 7. The highest BCUT2D eigenvalue weighted by molar-refractivity contribution is 5.80. The average molecular weight is 350 g/mol. The summed E-state index contributed by atoms with van der Waals surface area (Å²) >= 11 is 0. The first-order valence-electron chi connectivity index (χ1n) is 9.10. The number of aryl methyl sites for hydroxylation is 1. The predicted octanol–water partition coefficient (Wildman–Crippen LogP) is 3.49. The second-order valence-electron chi connectivity index (χ2n) is 6.21. The van der Waals surface area contributed by atoms with Gasteiger partial charge in [-0.1, -0.05) is 30.3 Å². The lowest BCUT2D eigenvalue weighted by atomic mass is 10.2. The van der Waals surface area contributed by atoms with E-state index in [4.69, 9.17) is 0 Å². The second kappa shape index (κ2) is 8.94. The Morgan fingerprint density at radius 2 is 1.85 bits per heavy atom. The number of guanidine groups is 1. The zero-order chi connectivity index (χ0) is 18.2. The Hall–Kier alpha value is -2.95. The Balaban J connectivity index is 1.50. The third-order valence-corrected chi connectivity index (χ3v) is 4.25. The summed E-state index contributed by atoms with van der Waals surface area (Å²) in [5.74, 6) is 1.10. The Morgan fingerprint density at radius 3 is 2.65 bits per heavy atom. The smallest absolute Gasteiger partial charge is 0.191 e. The van der Waals surface area contributed by atoms with Crippen LogP contribution in [0.15, 0.2) is 65.8 Å². The van der Waals surface area contributed by atoms with Crippen LogP contribution in [-0.2, 0) is 13.1 Å². The van der Waals surface area contributed by atoms with Gasteiger partial charge in [-0.05, 0) is 48.6 Å². The average Bonchev–Trinajstić information content (AvgIpc) is 3.07. The van der Waals surface area contributed by atoms with E-state index in [1.165, 1.54) is 10.9 Å². The van der Waals surface area contributed by atoms with Crippen LogP contribution in [0, 0.1) is 0 Å². The number of hydrogen-bond donors (Lipinski definition) is 3. The Labute approximate surface area is 154 Å². The van der Waals surface area contributed by atoms with E-state index >= 15 is 0 Å². The van der Waals surface area contributed by atoms with Crippen LogP contribution in [0.25, 0.3) is 10.9 Å². The van der Waals surface area contributed by atoms with Gasteiger partial charge in [0, 0.05) is 31.3 Å². The number of aromatic hydroxyl groups is 1. The van der Waals surface area contributed by atoms with E-state index in [-0.39, 0.29) is 5.75 Å². The van der Waals surface area contributed by atoms with Gasteiger partial charge in [0.15, 0.2) is 5.96 Å². The molecule has 5 heteroatoms. The summed E-state index contributed by atoms with van der Waals surface area (Å²) in [7, 11) is 0. The van der Waals surface area contributed by atoms with Crippen molar-refractivity contribution in [2.45, 2.75) is 26.4 Å². The largest absolute Gasteiger partial charge is 0.508 e. The Morgan fingerprint density at radius 1 is 1.04 bits per heavy atom. The molecule has 0 saturated carbocycles. The number of phenolic OH excluding ortho intramolecular Hbond substituents is 1. The van der Waals surface area contributed by atoms with E-state index in [1.807, 2.05) is 12.1 Å². The Bertz CT molecular complexity index is 852. The summed E-state index contributed by atoms with van der Waals surface area (Å²) in [5.41, 5.74) is 2.35. The molecule has 136 valence electrons. The van der Waals surface area contributed by atoms with E-state index < -0.39 is 0 Å². The highest BCUT2D eigenvalue weighted by Gasteiger charge is 2.01. The lowest BCUT2D eigenvalue weighted by Gasteiger charge is -2.12. The zero-order valence-corrected chi connectivity index (χ0v) is 15.2. The van der Waals surface area contributed by atoms with Gasteiger partial charge in [-0.25, -0.2) is 4.99 Å². The molecule has 0 spiro atoms. The van der Waals surface area contributed by atoms with Gasteiger partial charge in [0.1, 0.15) is 5.75 Å². The van der Waals surface area contributed by atoms with E-state index in [9.17, 15) is 5.11 Å². The maximum Gasteiger partial charge on any atom is 0.191 e. The molecule has 0 saturated heterocycles. The van der Waals surface area contributed by atoms with Crippen molar-refractivity contribution >= 4 is 16.9 Å². The van der Waals surface area contributed by atoms with Crippen molar-refractivity contribution in [2.24, 2.45) is 4.99 Å². The quantitative estimate of drug-likeness (QED) is 0.347. The summed E-state index contributed by atoms with van der Waals surface area (Å²) in [6, 6.07) is 17.8.